The van der Waals surface area contributed by atoms with Crippen molar-refractivity contribution in [2.75, 3.05) is 19.6 Å². The lowest BCUT2D eigenvalue weighted by molar-refractivity contribution is 0.257. The summed E-state index contributed by atoms with van der Waals surface area (Å²) in [4.78, 5) is 3.62. The normalized spacial score (nSPS) is 13.2. The predicted molar refractivity (Wildman–Crippen MR) is 134 cm³/mol. The zero-order valence-corrected chi connectivity index (χ0v) is 20.8. The molecule has 0 bridgehead atoms. The number of aryl methyl sites for hydroxylation is 1. The van der Waals surface area contributed by atoms with Gasteiger partial charge in [0.1, 0.15) is 11.6 Å². The van der Waals surface area contributed by atoms with Gasteiger partial charge in [-0.25, -0.2) is 8.78 Å². The predicted octanol–water partition coefficient (Wildman–Crippen LogP) is 7.72. The van der Waals surface area contributed by atoms with Crippen LogP contribution in [0.2, 0.25) is 0 Å². The molecule has 1 aromatic heterocycles. The average Bonchev–Trinajstić information content (AvgIpc) is 3.12. The smallest absolute Gasteiger partial charge is 0.123 e. The Morgan fingerprint density at radius 2 is 1.66 bits per heavy atom. The van der Waals surface area contributed by atoms with Crippen molar-refractivity contribution in [2.24, 2.45) is 0 Å². The largest absolute Gasteiger partial charge is 0.342 e. The second-order valence-corrected chi connectivity index (χ2v) is 11.0. The Morgan fingerprint density at radius 3 is 2.31 bits per heavy atom. The van der Waals surface area contributed by atoms with Gasteiger partial charge in [-0.2, -0.15) is 0 Å². The van der Waals surface area contributed by atoms with Crippen LogP contribution in [0.4, 0.5) is 8.78 Å². The second kappa shape index (κ2) is 10.8. The van der Waals surface area contributed by atoms with Crippen molar-refractivity contribution in [1.29, 1.82) is 0 Å². The molecule has 1 unspecified atom stereocenters. The average molecular weight is 459 g/mol. The van der Waals surface area contributed by atoms with Crippen molar-refractivity contribution in [3.05, 3.63) is 65.9 Å². The highest BCUT2D eigenvalue weighted by Crippen LogP contribution is 2.35. The lowest BCUT2D eigenvalue weighted by Gasteiger charge is -2.29. The van der Waals surface area contributed by atoms with Crippen molar-refractivity contribution in [3.8, 4) is 0 Å². The summed E-state index contributed by atoms with van der Waals surface area (Å²) in [5.41, 5.74) is 2.38. The van der Waals surface area contributed by atoms with E-state index >= 15 is 0 Å². The highest BCUT2D eigenvalue weighted by Gasteiger charge is 2.21. The second-order valence-electron chi connectivity index (χ2n) is 9.20. The van der Waals surface area contributed by atoms with E-state index in [1.165, 1.54) is 17.8 Å². The Balaban J connectivity index is 1.59. The molecule has 1 atom stereocenters. The number of hydrogen-bond acceptors (Lipinski definition) is 2. The maximum atomic E-state index is 13.7. The number of benzene rings is 2. The molecule has 0 N–H and O–H groups in total. The zero-order chi connectivity index (χ0) is 23.3. The lowest BCUT2D eigenvalue weighted by atomic mass is 10.1. The summed E-state index contributed by atoms with van der Waals surface area (Å²) >= 11 is 1.81. The van der Waals surface area contributed by atoms with Gasteiger partial charge in [-0.1, -0.05) is 27.7 Å². The molecule has 2 nitrogen and oxygen atoms in total. The number of nitrogens with zero attached hydrogens (tertiary/aromatic N) is 2. The van der Waals surface area contributed by atoms with Gasteiger partial charge < -0.3 is 9.47 Å². The third-order valence-electron chi connectivity index (χ3n) is 6.23. The fraction of sp³-hybridized carbons (Fsp3) is 0.481. The van der Waals surface area contributed by atoms with Gasteiger partial charge in [0, 0.05) is 38.8 Å². The number of hydrogen-bond donors (Lipinski definition) is 0. The highest BCUT2D eigenvalue weighted by molar-refractivity contribution is 8.00. The Hall–Kier alpha value is -1.85. The number of rotatable bonds is 11. The molecule has 0 aliphatic carbocycles. The van der Waals surface area contributed by atoms with Gasteiger partial charge in [-0.05, 0) is 87.8 Å². The standard InChI is InChI=1S/C27H36F2N2S/c1-6-24-19-21-18-23(29)10-13-26(21)31(24)20(3)14-16-30(7-2)17-15-27(4,5)32-25-11-8-22(28)9-12-25/h8-13,18-20H,6-7,14-17H2,1-5H3. The van der Waals surface area contributed by atoms with E-state index in [0.29, 0.717) is 6.04 Å². The first-order valence-corrected chi connectivity index (χ1v) is 12.5. The summed E-state index contributed by atoms with van der Waals surface area (Å²) < 4.78 is 29.3. The summed E-state index contributed by atoms with van der Waals surface area (Å²) in [5, 5.41) is 0.987. The molecule has 5 heteroatoms. The van der Waals surface area contributed by atoms with E-state index < -0.39 is 0 Å². The van der Waals surface area contributed by atoms with Crippen molar-refractivity contribution >= 4 is 22.7 Å². The van der Waals surface area contributed by atoms with Crippen LogP contribution in [0, 0.1) is 11.6 Å². The van der Waals surface area contributed by atoms with Crippen LogP contribution in [0.1, 0.15) is 59.2 Å². The molecule has 0 radical (unpaired) electrons. The van der Waals surface area contributed by atoms with Gasteiger partial charge >= 0.3 is 0 Å². The van der Waals surface area contributed by atoms with Crippen LogP contribution in [0.3, 0.4) is 0 Å². The Kier molecular flexibility index (Phi) is 8.40. The molecule has 1 heterocycles. The maximum Gasteiger partial charge on any atom is 0.123 e. The third kappa shape index (κ3) is 6.35. The van der Waals surface area contributed by atoms with E-state index in [0.717, 1.165) is 54.7 Å². The summed E-state index contributed by atoms with van der Waals surface area (Å²) in [6.45, 7) is 14.2. The van der Waals surface area contributed by atoms with Crippen molar-refractivity contribution in [3.63, 3.8) is 0 Å². The topological polar surface area (TPSA) is 8.17 Å². The molecule has 0 amide bonds. The third-order valence-corrected chi connectivity index (χ3v) is 7.50. The molecule has 32 heavy (non-hydrogen) atoms. The van der Waals surface area contributed by atoms with Gasteiger partial charge in [0.05, 0.1) is 0 Å². The molecule has 0 saturated carbocycles. The minimum atomic E-state index is -0.190. The molecular formula is C27H36F2N2S. The summed E-state index contributed by atoms with van der Waals surface area (Å²) in [6.07, 6.45) is 3.05. The molecule has 0 saturated heterocycles. The molecular weight excluding hydrogens is 422 g/mol. The van der Waals surface area contributed by atoms with Crippen molar-refractivity contribution < 1.29 is 8.78 Å². The molecule has 174 valence electrons. The number of halogens is 2. The van der Waals surface area contributed by atoms with Crippen LogP contribution < -0.4 is 0 Å². The molecule has 3 rings (SSSR count). The van der Waals surface area contributed by atoms with Crippen LogP contribution in [0.15, 0.2) is 53.4 Å². The quantitative estimate of drug-likeness (QED) is 0.272. The van der Waals surface area contributed by atoms with Gasteiger partial charge in [0.2, 0.25) is 0 Å². The van der Waals surface area contributed by atoms with Crippen molar-refractivity contribution in [2.45, 2.75) is 69.6 Å². The van der Waals surface area contributed by atoms with Crippen LogP contribution in [-0.4, -0.2) is 33.8 Å². The Morgan fingerprint density at radius 1 is 0.969 bits per heavy atom. The molecule has 0 aliphatic rings. The fourth-order valence-electron chi connectivity index (χ4n) is 4.28. The fourth-order valence-corrected chi connectivity index (χ4v) is 5.39. The highest BCUT2D eigenvalue weighted by atomic mass is 32.2. The minimum Gasteiger partial charge on any atom is -0.342 e. The van der Waals surface area contributed by atoms with E-state index in [1.54, 1.807) is 12.1 Å². The van der Waals surface area contributed by atoms with E-state index in [-0.39, 0.29) is 16.4 Å². The monoisotopic (exact) mass is 458 g/mol. The van der Waals surface area contributed by atoms with Crippen LogP contribution >= 0.6 is 11.8 Å². The molecule has 2 aromatic carbocycles. The van der Waals surface area contributed by atoms with E-state index in [1.807, 2.05) is 30.0 Å². The van der Waals surface area contributed by atoms with E-state index in [2.05, 4.69) is 50.2 Å². The molecule has 0 spiro atoms. The Bertz CT molecular complexity index is 1010. The summed E-state index contributed by atoms with van der Waals surface area (Å²) in [6, 6.07) is 14.4. The Labute approximate surface area is 196 Å². The van der Waals surface area contributed by atoms with Crippen LogP contribution in [0.25, 0.3) is 10.9 Å². The first-order valence-electron chi connectivity index (χ1n) is 11.7. The molecule has 0 aliphatic heterocycles. The summed E-state index contributed by atoms with van der Waals surface area (Å²) in [7, 11) is 0. The molecule has 0 fully saturated rings. The van der Waals surface area contributed by atoms with Gasteiger partial charge in [-0.15, -0.1) is 11.8 Å². The van der Waals surface area contributed by atoms with E-state index in [4.69, 9.17) is 0 Å². The first-order chi connectivity index (χ1) is 15.2. The van der Waals surface area contributed by atoms with Crippen LogP contribution in [-0.2, 0) is 6.42 Å². The zero-order valence-electron chi connectivity index (χ0n) is 20.0. The van der Waals surface area contributed by atoms with Gasteiger partial charge in [-0.3, -0.25) is 0 Å². The van der Waals surface area contributed by atoms with Crippen LogP contribution in [0.5, 0.6) is 0 Å². The minimum absolute atomic E-state index is 0.0763. The lowest BCUT2D eigenvalue weighted by Crippen LogP contribution is -2.31. The van der Waals surface area contributed by atoms with Gasteiger partial charge in [0.25, 0.3) is 0 Å². The summed E-state index contributed by atoms with van der Waals surface area (Å²) in [5.74, 6) is -0.367. The number of thioether (sulfide) groups is 1. The van der Waals surface area contributed by atoms with Crippen molar-refractivity contribution in [1.82, 2.24) is 9.47 Å². The molecule has 3 aromatic rings. The SMILES string of the molecule is CCc1cc2cc(F)ccc2n1C(C)CCN(CC)CCC(C)(C)Sc1ccc(F)cc1. The first kappa shape index (κ1) is 24.8. The maximum absolute atomic E-state index is 13.7. The van der Waals surface area contributed by atoms with Gasteiger partial charge in [0.15, 0.2) is 0 Å². The number of aromatic nitrogens is 1. The van der Waals surface area contributed by atoms with E-state index in [9.17, 15) is 8.78 Å². The number of fused-ring (bicyclic) bond motifs is 1.